The number of nitro groups is 1. The molecule has 2 aromatic carbocycles. The van der Waals surface area contributed by atoms with Crippen LogP contribution in [0.15, 0.2) is 42.5 Å². The fraction of sp³-hybridized carbons (Fsp3) is 0.400. The molecule has 11 heteroatoms. The first-order chi connectivity index (χ1) is 17.3. The van der Waals surface area contributed by atoms with Crippen molar-refractivity contribution in [2.24, 2.45) is 0 Å². The van der Waals surface area contributed by atoms with Crippen LogP contribution in [0.1, 0.15) is 22.3 Å². The van der Waals surface area contributed by atoms with Crippen LogP contribution < -0.4 is 15.0 Å². The number of methoxy groups -OCH3 is 1. The molecule has 1 N–H and O–H groups in total. The Morgan fingerprint density at radius 2 is 1.78 bits per heavy atom. The standard InChI is InChI=1S/C25H29N5O6/c1-17-20(4-3-5-21(17)30(34)35)25(33)29-11-10-26-24(32)22(29)16-23(31)28-14-12-27(13-15-28)18-6-8-19(36-2)9-7-18/h3-9,22H,10-16H2,1-2H3,(H,26,32). The summed E-state index contributed by atoms with van der Waals surface area (Å²) in [6, 6.07) is 11.1. The summed E-state index contributed by atoms with van der Waals surface area (Å²) in [6.45, 7) is 4.26. The summed E-state index contributed by atoms with van der Waals surface area (Å²) in [5.74, 6) is -0.325. The van der Waals surface area contributed by atoms with Gasteiger partial charge in [0, 0.05) is 62.1 Å². The second kappa shape index (κ2) is 10.6. The summed E-state index contributed by atoms with van der Waals surface area (Å²) < 4.78 is 5.20. The first-order valence-electron chi connectivity index (χ1n) is 11.8. The van der Waals surface area contributed by atoms with Crippen molar-refractivity contribution in [2.45, 2.75) is 19.4 Å². The third kappa shape index (κ3) is 5.09. The number of nitrogens with one attached hydrogen (secondary N) is 1. The van der Waals surface area contributed by atoms with Gasteiger partial charge in [0.15, 0.2) is 0 Å². The fourth-order valence-electron chi connectivity index (χ4n) is 4.67. The SMILES string of the molecule is COc1ccc(N2CCN(C(=O)CC3C(=O)NCCN3C(=O)c3cccc([N+](=O)[O-])c3C)CC2)cc1. The summed E-state index contributed by atoms with van der Waals surface area (Å²) in [4.78, 5) is 55.2. The first-order valence-corrected chi connectivity index (χ1v) is 11.8. The topological polar surface area (TPSA) is 125 Å². The van der Waals surface area contributed by atoms with E-state index in [0.717, 1.165) is 11.4 Å². The van der Waals surface area contributed by atoms with Crippen LogP contribution in [0.25, 0.3) is 0 Å². The Bertz CT molecular complexity index is 1160. The molecule has 190 valence electrons. The van der Waals surface area contributed by atoms with E-state index in [1.54, 1.807) is 12.0 Å². The van der Waals surface area contributed by atoms with Crippen LogP contribution in [0.5, 0.6) is 5.75 Å². The van der Waals surface area contributed by atoms with E-state index in [4.69, 9.17) is 4.74 Å². The maximum Gasteiger partial charge on any atom is 0.273 e. The van der Waals surface area contributed by atoms with E-state index < -0.39 is 22.8 Å². The molecule has 2 heterocycles. The third-order valence-electron chi connectivity index (χ3n) is 6.76. The molecule has 0 aromatic heterocycles. The number of piperazine rings is 2. The van der Waals surface area contributed by atoms with Crippen molar-refractivity contribution in [3.8, 4) is 5.75 Å². The minimum absolute atomic E-state index is 0.145. The highest BCUT2D eigenvalue weighted by Crippen LogP contribution is 2.25. The molecule has 1 atom stereocenters. The second-order valence-corrected chi connectivity index (χ2v) is 8.78. The lowest BCUT2D eigenvalue weighted by molar-refractivity contribution is -0.385. The summed E-state index contributed by atoms with van der Waals surface area (Å²) in [5, 5.41) is 14.0. The minimum atomic E-state index is -0.975. The van der Waals surface area contributed by atoms with Crippen LogP contribution in [-0.4, -0.2) is 84.9 Å². The molecule has 2 fully saturated rings. The van der Waals surface area contributed by atoms with E-state index in [0.29, 0.717) is 26.2 Å². The second-order valence-electron chi connectivity index (χ2n) is 8.78. The van der Waals surface area contributed by atoms with Crippen molar-refractivity contribution in [1.29, 1.82) is 0 Å². The molecule has 0 spiro atoms. The van der Waals surface area contributed by atoms with E-state index in [1.807, 2.05) is 24.3 Å². The van der Waals surface area contributed by atoms with Gasteiger partial charge in [-0.15, -0.1) is 0 Å². The monoisotopic (exact) mass is 495 g/mol. The largest absolute Gasteiger partial charge is 0.497 e. The van der Waals surface area contributed by atoms with Crippen LogP contribution in [0, 0.1) is 17.0 Å². The number of ether oxygens (including phenoxy) is 1. The van der Waals surface area contributed by atoms with Crippen LogP contribution in [0.2, 0.25) is 0 Å². The zero-order chi connectivity index (χ0) is 25.8. The molecule has 3 amide bonds. The number of carbonyl (C=O) groups excluding carboxylic acids is 3. The van der Waals surface area contributed by atoms with Crippen molar-refractivity contribution in [3.05, 3.63) is 63.7 Å². The van der Waals surface area contributed by atoms with Crippen LogP contribution in [0.4, 0.5) is 11.4 Å². The maximum absolute atomic E-state index is 13.3. The van der Waals surface area contributed by atoms with Crippen LogP contribution in [-0.2, 0) is 9.59 Å². The molecule has 0 saturated carbocycles. The van der Waals surface area contributed by atoms with Crippen molar-refractivity contribution in [2.75, 3.05) is 51.3 Å². The number of rotatable bonds is 6. The lowest BCUT2D eigenvalue weighted by Gasteiger charge is -2.39. The quantitative estimate of drug-likeness (QED) is 0.477. The Kier molecular flexibility index (Phi) is 7.37. The van der Waals surface area contributed by atoms with E-state index in [2.05, 4.69) is 10.2 Å². The van der Waals surface area contributed by atoms with Crippen molar-refractivity contribution < 1.29 is 24.0 Å². The Hall–Kier alpha value is -4.15. The molecule has 0 radical (unpaired) electrons. The zero-order valence-corrected chi connectivity index (χ0v) is 20.3. The number of anilines is 1. The van der Waals surface area contributed by atoms with Gasteiger partial charge in [0.2, 0.25) is 11.8 Å². The molecule has 4 rings (SSSR count). The third-order valence-corrected chi connectivity index (χ3v) is 6.76. The lowest BCUT2D eigenvalue weighted by atomic mass is 10.0. The van der Waals surface area contributed by atoms with E-state index in [-0.39, 0.29) is 42.2 Å². The maximum atomic E-state index is 13.3. The highest BCUT2D eigenvalue weighted by molar-refractivity contribution is 6.01. The number of carbonyl (C=O) groups is 3. The molecule has 1 unspecified atom stereocenters. The van der Waals surface area contributed by atoms with E-state index in [1.165, 1.54) is 30.0 Å². The van der Waals surface area contributed by atoms with Gasteiger partial charge in [-0.3, -0.25) is 24.5 Å². The Balaban J connectivity index is 1.43. The van der Waals surface area contributed by atoms with Crippen molar-refractivity contribution in [3.63, 3.8) is 0 Å². The average molecular weight is 496 g/mol. The molecular weight excluding hydrogens is 466 g/mol. The number of nitro benzene ring substituents is 1. The molecular formula is C25H29N5O6. The summed E-state index contributed by atoms with van der Waals surface area (Å²) in [7, 11) is 1.62. The molecule has 11 nitrogen and oxygen atoms in total. The molecule has 2 aliphatic rings. The number of hydrogen-bond donors (Lipinski definition) is 1. The Morgan fingerprint density at radius 3 is 2.42 bits per heavy atom. The highest BCUT2D eigenvalue weighted by atomic mass is 16.6. The highest BCUT2D eigenvalue weighted by Gasteiger charge is 2.37. The van der Waals surface area contributed by atoms with Gasteiger partial charge in [0.1, 0.15) is 11.8 Å². The van der Waals surface area contributed by atoms with Gasteiger partial charge in [-0.05, 0) is 37.3 Å². The van der Waals surface area contributed by atoms with Gasteiger partial charge >= 0.3 is 0 Å². The van der Waals surface area contributed by atoms with Crippen LogP contribution in [0.3, 0.4) is 0 Å². The van der Waals surface area contributed by atoms with Gasteiger partial charge in [0.05, 0.1) is 18.5 Å². The summed E-state index contributed by atoms with van der Waals surface area (Å²) in [5.41, 5.74) is 1.27. The van der Waals surface area contributed by atoms with Crippen molar-refractivity contribution in [1.82, 2.24) is 15.1 Å². The number of benzene rings is 2. The van der Waals surface area contributed by atoms with Gasteiger partial charge in [-0.2, -0.15) is 0 Å². The predicted octanol–water partition coefficient (Wildman–Crippen LogP) is 1.59. The van der Waals surface area contributed by atoms with Gasteiger partial charge < -0.3 is 24.8 Å². The van der Waals surface area contributed by atoms with E-state index in [9.17, 15) is 24.5 Å². The minimum Gasteiger partial charge on any atom is -0.497 e. The summed E-state index contributed by atoms with van der Waals surface area (Å²) in [6.07, 6.45) is -0.145. The molecule has 0 bridgehead atoms. The Labute approximate surface area is 208 Å². The Morgan fingerprint density at radius 1 is 1.08 bits per heavy atom. The smallest absolute Gasteiger partial charge is 0.273 e. The normalized spacial score (nSPS) is 18.0. The van der Waals surface area contributed by atoms with Gasteiger partial charge in [0.25, 0.3) is 11.6 Å². The zero-order valence-electron chi connectivity index (χ0n) is 20.3. The molecule has 0 aliphatic carbocycles. The fourth-order valence-corrected chi connectivity index (χ4v) is 4.67. The lowest BCUT2D eigenvalue weighted by Crippen LogP contribution is -2.59. The van der Waals surface area contributed by atoms with Gasteiger partial charge in [-0.25, -0.2) is 0 Å². The van der Waals surface area contributed by atoms with Gasteiger partial charge in [-0.1, -0.05) is 6.07 Å². The molecule has 2 saturated heterocycles. The molecule has 2 aromatic rings. The molecule has 36 heavy (non-hydrogen) atoms. The average Bonchev–Trinajstić information content (AvgIpc) is 2.89. The van der Waals surface area contributed by atoms with Crippen LogP contribution >= 0.6 is 0 Å². The number of nitrogens with zero attached hydrogens (tertiary/aromatic N) is 4. The number of hydrogen-bond acceptors (Lipinski definition) is 7. The molecule has 2 aliphatic heterocycles. The number of amides is 3. The first kappa shape index (κ1) is 25.0. The predicted molar refractivity (Wildman–Crippen MR) is 132 cm³/mol. The van der Waals surface area contributed by atoms with E-state index >= 15 is 0 Å². The van der Waals surface area contributed by atoms with Crippen molar-refractivity contribution >= 4 is 29.1 Å². The summed E-state index contributed by atoms with van der Waals surface area (Å²) >= 11 is 0.